The number of methoxy groups -OCH3 is 1. The number of pyridine rings is 1. The first-order valence-corrected chi connectivity index (χ1v) is 9.16. The van der Waals surface area contributed by atoms with E-state index in [1.54, 1.807) is 14.0 Å². The standard InChI is InChI=1S/C22H22N4O2/c1-13-5-10-20-17(11-13)12-19(22-24-15(3)28-26-22)21(25-20)23-14(2)16-6-8-18(27-4)9-7-16/h5-12,14H,1-4H3,(H,23,25)/t14-/m1/s1. The summed E-state index contributed by atoms with van der Waals surface area (Å²) in [6, 6.07) is 16.3. The number of aromatic nitrogens is 3. The van der Waals surface area contributed by atoms with E-state index in [9.17, 15) is 0 Å². The second-order valence-corrected chi connectivity index (χ2v) is 6.86. The van der Waals surface area contributed by atoms with Gasteiger partial charge in [-0.05, 0) is 49.7 Å². The fourth-order valence-corrected chi connectivity index (χ4v) is 3.17. The molecule has 0 fully saturated rings. The van der Waals surface area contributed by atoms with Gasteiger partial charge >= 0.3 is 0 Å². The number of hydrogen-bond acceptors (Lipinski definition) is 6. The van der Waals surface area contributed by atoms with Crippen LogP contribution in [0.25, 0.3) is 22.3 Å². The lowest BCUT2D eigenvalue weighted by Crippen LogP contribution is -2.09. The van der Waals surface area contributed by atoms with Crippen molar-refractivity contribution in [3.63, 3.8) is 0 Å². The zero-order valence-electron chi connectivity index (χ0n) is 16.4. The van der Waals surface area contributed by atoms with Crippen molar-refractivity contribution in [3.05, 3.63) is 65.5 Å². The zero-order valence-corrected chi connectivity index (χ0v) is 16.4. The summed E-state index contributed by atoms with van der Waals surface area (Å²) in [7, 11) is 1.66. The Labute approximate surface area is 163 Å². The van der Waals surface area contributed by atoms with E-state index >= 15 is 0 Å². The number of anilines is 1. The molecule has 2 heterocycles. The summed E-state index contributed by atoms with van der Waals surface area (Å²) < 4.78 is 10.4. The molecule has 4 aromatic rings. The number of benzene rings is 2. The van der Waals surface area contributed by atoms with E-state index < -0.39 is 0 Å². The van der Waals surface area contributed by atoms with Crippen LogP contribution in [0.5, 0.6) is 5.75 Å². The second-order valence-electron chi connectivity index (χ2n) is 6.86. The van der Waals surface area contributed by atoms with Gasteiger partial charge in [0.2, 0.25) is 11.7 Å². The molecule has 2 aromatic carbocycles. The highest BCUT2D eigenvalue weighted by molar-refractivity contribution is 5.88. The van der Waals surface area contributed by atoms with Crippen LogP contribution in [0.2, 0.25) is 0 Å². The van der Waals surface area contributed by atoms with Gasteiger partial charge in [0, 0.05) is 18.4 Å². The third-order valence-corrected chi connectivity index (χ3v) is 4.71. The summed E-state index contributed by atoms with van der Waals surface area (Å²) in [5.41, 5.74) is 4.04. The van der Waals surface area contributed by atoms with Crippen LogP contribution in [0, 0.1) is 13.8 Å². The highest BCUT2D eigenvalue weighted by atomic mass is 16.5. The van der Waals surface area contributed by atoms with Gasteiger partial charge in [0.15, 0.2) is 0 Å². The van der Waals surface area contributed by atoms with E-state index in [2.05, 4.69) is 47.5 Å². The maximum atomic E-state index is 5.24. The Morgan fingerprint density at radius 2 is 1.79 bits per heavy atom. The van der Waals surface area contributed by atoms with Gasteiger partial charge in [-0.2, -0.15) is 4.98 Å². The number of fused-ring (bicyclic) bond motifs is 1. The summed E-state index contributed by atoms with van der Waals surface area (Å²) in [5.74, 6) is 2.60. The smallest absolute Gasteiger partial charge is 0.223 e. The number of aryl methyl sites for hydroxylation is 2. The van der Waals surface area contributed by atoms with Gasteiger partial charge in [-0.3, -0.25) is 0 Å². The van der Waals surface area contributed by atoms with Crippen LogP contribution in [0.3, 0.4) is 0 Å². The van der Waals surface area contributed by atoms with Gasteiger partial charge in [0.1, 0.15) is 11.6 Å². The Morgan fingerprint density at radius 3 is 2.46 bits per heavy atom. The van der Waals surface area contributed by atoms with Crippen molar-refractivity contribution in [1.82, 2.24) is 15.1 Å². The van der Waals surface area contributed by atoms with E-state index in [1.165, 1.54) is 5.56 Å². The van der Waals surface area contributed by atoms with Crippen molar-refractivity contribution in [2.45, 2.75) is 26.8 Å². The van der Waals surface area contributed by atoms with E-state index in [1.807, 2.05) is 30.3 Å². The van der Waals surface area contributed by atoms with Crippen molar-refractivity contribution in [2.75, 3.05) is 12.4 Å². The van der Waals surface area contributed by atoms with Gasteiger partial charge in [0.25, 0.3) is 0 Å². The molecule has 0 radical (unpaired) electrons. The maximum absolute atomic E-state index is 5.24. The molecule has 0 saturated heterocycles. The minimum Gasteiger partial charge on any atom is -0.497 e. The Kier molecular flexibility index (Phi) is 4.69. The molecule has 0 aliphatic heterocycles. The van der Waals surface area contributed by atoms with Crippen LogP contribution in [0.4, 0.5) is 5.82 Å². The molecule has 0 bridgehead atoms. The molecule has 1 atom stereocenters. The van der Waals surface area contributed by atoms with Crippen molar-refractivity contribution in [1.29, 1.82) is 0 Å². The van der Waals surface area contributed by atoms with Crippen LogP contribution in [-0.4, -0.2) is 22.2 Å². The molecule has 0 saturated carbocycles. The molecule has 6 nitrogen and oxygen atoms in total. The number of hydrogen-bond donors (Lipinski definition) is 1. The molecule has 4 rings (SSSR count). The van der Waals surface area contributed by atoms with Crippen LogP contribution in [0.15, 0.2) is 53.1 Å². The number of rotatable bonds is 5. The van der Waals surface area contributed by atoms with Gasteiger partial charge in [-0.25, -0.2) is 4.98 Å². The minimum atomic E-state index is 0.0352. The van der Waals surface area contributed by atoms with Crippen LogP contribution in [-0.2, 0) is 0 Å². The Bertz CT molecular complexity index is 1120. The van der Waals surface area contributed by atoms with Gasteiger partial charge in [-0.15, -0.1) is 0 Å². The highest BCUT2D eigenvalue weighted by Gasteiger charge is 2.17. The summed E-state index contributed by atoms with van der Waals surface area (Å²) in [4.78, 5) is 9.24. The van der Waals surface area contributed by atoms with E-state index in [4.69, 9.17) is 14.2 Å². The monoisotopic (exact) mass is 374 g/mol. The molecular formula is C22H22N4O2. The quantitative estimate of drug-likeness (QED) is 0.525. The van der Waals surface area contributed by atoms with E-state index in [-0.39, 0.29) is 6.04 Å². The first-order chi connectivity index (χ1) is 13.5. The molecule has 0 unspecified atom stereocenters. The van der Waals surface area contributed by atoms with Gasteiger partial charge < -0.3 is 14.6 Å². The SMILES string of the molecule is COc1ccc([C@@H](C)Nc2nc3ccc(C)cc3cc2-c2noc(C)n2)cc1. The third kappa shape index (κ3) is 3.53. The summed E-state index contributed by atoms with van der Waals surface area (Å²) in [6.07, 6.45) is 0. The van der Waals surface area contributed by atoms with E-state index in [0.29, 0.717) is 11.7 Å². The molecule has 0 amide bonds. The summed E-state index contributed by atoms with van der Waals surface area (Å²) in [6.45, 7) is 5.94. The number of nitrogens with one attached hydrogen (secondary N) is 1. The van der Waals surface area contributed by atoms with E-state index in [0.717, 1.165) is 33.6 Å². The lowest BCUT2D eigenvalue weighted by Gasteiger charge is -2.18. The Hall–Kier alpha value is -3.41. The molecular weight excluding hydrogens is 352 g/mol. The largest absolute Gasteiger partial charge is 0.497 e. The van der Waals surface area contributed by atoms with Gasteiger partial charge in [0.05, 0.1) is 18.2 Å². The van der Waals surface area contributed by atoms with Crippen molar-refractivity contribution in [3.8, 4) is 17.1 Å². The molecule has 142 valence electrons. The lowest BCUT2D eigenvalue weighted by atomic mass is 10.1. The Morgan fingerprint density at radius 1 is 1.00 bits per heavy atom. The zero-order chi connectivity index (χ0) is 19.7. The van der Waals surface area contributed by atoms with Crippen LogP contribution in [0.1, 0.15) is 30.0 Å². The lowest BCUT2D eigenvalue weighted by molar-refractivity contribution is 0.394. The maximum Gasteiger partial charge on any atom is 0.223 e. The normalized spacial score (nSPS) is 12.1. The van der Waals surface area contributed by atoms with Crippen molar-refractivity contribution in [2.24, 2.45) is 0 Å². The average molecular weight is 374 g/mol. The summed E-state index contributed by atoms with van der Waals surface area (Å²) >= 11 is 0. The topological polar surface area (TPSA) is 73.1 Å². The molecule has 0 spiro atoms. The summed E-state index contributed by atoms with van der Waals surface area (Å²) in [5, 5.41) is 8.64. The minimum absolute atomic E-state index is 0.0352. The fraction of sp³-hybridized carbons (Fsp3) is 0.227. The fourth-order valence-electron chi connectivity index (χ4n) is 3.17. The highest BCUT2D eigenvalue weighted by Crippen LogP contribution is 2.31. The first kappa shape index (κ1) is 18.0. The second kappa shape index (κ2) is 7.31. The molecule has 1 N–H and O–H groups in total. The van der Waals surface area contributed by atoms with Crippen LogP contribution < -0.4 is 10.1 Å². The molecule has 0 aliphatic rings. The molecule has 6 heteroatoms. The van der Waals surface area contributed by atoms with Crippen molar-refractivity contribution < 1.29 is 9.26 Å². The average Bonchev–Trinajstić information content (AvgIpc) is 3.13. The number of nitrogens with zero attached hydrogens (tertiary/aromatic N) is 3. The first-order valence-electron chi connectivity index (χ1n) is 9.16. The Balaban J connectivity index is 1.76. The van der Waals surface area contributed by atoms with Crippen LogP contribution >= 0.6 is 0 Å². The van der Waals surface area contributed by atoms with Crippen molar-refractivity contribution >= 4 is 16.7 Å². The predicted octanol–water partition coefficient (Wildman–Crippen LogP) is 5.08. The molecule has 0 aliphatic carbocycles. The molecule has 28 heavy (non-hydrogen) atoms. The number of ether oxygens (including phenoxy) is 1. The van der Waals surface area contributed by atoms with Gasteiger partial charge in [-0.1, -0.05) is 28.9 Å². The third-order valence-electron chi connectivity index (χ3n) is 4.71. The molecule has 2 aromatic heterocycles. The predicted molar refractivity (Wildman–Crippen MR) is 110 cm³/mol.